The first-order valence-corrected chi connectivity index (χ1v) is 7.48. The highest BCUT2D eigenvalue weighted by Crippen LogP contribution is 2.23. The highest BCUT2D eigenvalue weighted by molar-refractivity contribution is 5.73. The van der Waals surface area contributed by atoms with Crippen molar-refractivity contribution in [2.75, 3.05) is 18.0 Å². The summed E-state index contributed by atoms with van der Waals surface area (Å²) in [6, 6.07) is 3.37. The number of carboxylic acids is 1. The largest absolute Gasteiger partial charge is 0.481 e. The van der Waals surface area contributed by atoms with Gasteiger partial charge in [-0.15, -0.1) is 0 Å². The van der Waals surface area contributed by atoms with Crippen LogP contribution in [0.1, 0.15) is 33.6 Å². The summed E-state index contributed by atoms with van der Waals surface area (Å²) in [5.74, 6) is -0.148. The molecular weight excluding hydrogens is 268 g/mol. The number of aromatic nitrogens is 1. The number of carbonyl (C=O) groups is 1. The Bertz CT molecular complexity index is 569. The third kappa shape index (κ3) is 3.65. The molecule has 0 unspecified atom stereocenters. The maximum atomic E-state index is 12.0. The summed E-state index contributed by atoms with van der Waals surface area (Å²) in [5.41, 5.74) is -0.111. The van der Waals surface area contributed by atoms with E-state index in [1.807, 2.05) is 6.07 Å². The van der Waals surface area contributed by atoms with Crippen molar-refractivity contribution in [3.05, 3.63) is 28.7 Å². The second-order valence-electron chi connectivity index (χ2n) is 6.71. The Morgan fingerprint density at radius 2 is 1.95 bits per heavy atom. The normalized spacial score (nSPS) is 17.0. The van der Waals surface area contributed by atoms with Gasteiger partial charge in [0.2, 0.25) is 0 Å². The number of nitrogens with zero attached hydrogens (tertiary/aromatic N) is 2. The second kappa shape index (κ2) is 5.92. The quantitative estimate of drug-likeness (QED) is 0.924. The summed E-state index contributed by atoms with van der Waals surface area (Å²) in [7, 11) is 0. The van der Waals surface area contributed by atoms with Gasteiger partial charge in [0.15, 0.2) is 0 Å². The molecule has 0 amide bonds. The minimum atomic E-state index is -0.959. The van der Waals surface area contributed by atoms with Crippen LogP contribution in [0.2, 0.25) is 0 Å². The van der Waals surface area contributed by atoms with E-state index in [-0.39, 0.29) is 12.1 Å². The number of aliphatic carboxylic acids is 1. The zero-order chi connectivity index (χ0) is 15.6. The van der Waals surface area contributed by atoms with Gasteiger partial charge in [0.1, 0.15) is 0 Å². The minimum Gasteiger partial charge on any atom is -0.481 e. The molecule has 0 spiro atoms. The molecule has 1 aliphatic heterocycles. The summed E-state index contributed by atoms with van der Waals surface area (Å²) in [5, 5.41) is 9.21. The molecular formula is C16H24N2O3. The zero-order valence-electron chi connectivity index (χ0n) is 13.0. The van der Waals surface area contributed by atoms with Crippen molar-refractivity contribution >= 4 is 11.7 Å². The Morgan fingerprint density at radius 1 is 1.33 bits per heavy atom. The van der Waals surface area contributed by atoms with Crippen LogP contribution in [0.15, 0.2) is 23.1 Å². The zero-order valence-corrected chi connectivity index (χ0v) is 13.0. The molecule has 116 valence electrons. The summed E-state index contributed by atoms with van der Waals surface area (Å²) >= 11 is 0. The van der Waals surface area contributed by atoms with E-state index in [0.717, 1.165) is 37.5 Å². The molecule has 0 bridgehead atoms. The predicted molar refractivity (Wildman–Crippen MR) is 82.7 cm³/mol. The van der Waals surface area contributed by atoms with Gasteiger partial charge in [-0.1, -0.05) is 6.92 Å². The molecule has 1 aromatic rings. The lowest BCUT2D eigenvalue weighted by molar-refractivity contribution is -0.147. The smallest absolute Gasteiger partial charge is 0.310 e. The van der Waals surface area contributed by atoms with Gasteiger partial charge in [-0.05, 0) is 38.7 Å². The molecule has 1 fully saturated rings. The van der Waals surface area contributed by atoms with Crippen LogP contribution < -0.4 is 10.5 Å². The average Bonchev–Trinajstić information content (AvgIpc) is 2.42. The Labute approximate surface area is 125 Å². The fourth-order valence-electron chi connectivity index (χ4n) is 2.59. The van der Waals surface area contributed by atoms with Gasteiger partial charge in [-0.2, -0.15) is 0 Å². The summed E-state index contributed by atoms with van der Waals surface area (Å²) in [4.78, 5) is 25.5. The Balaban J connectivity index is 2.21. The topological polar surface area (TPSA) is 62.5 Å². The first-order valence-electron chi connectivity index (χ1n) is 7.48. The van der Waals surface area contributed by atoms with Crippen molar-refractivity contribution in [3.63, 3.8) is 0 Å². The molecule has 2 heterocycles. The van der Waals surface area contributed by atoms with Crippen molar-refractivity contribution in [3.8, 4) is 0 Å². The van der Waals surface area contributed by atoms with Crippen LogP contribution in [-0.2, 0) is 11.3 Å². The lowest BCUT2D eigenvalue weighted by Crippen LogP contribution is -2.36. The van der Waals surface area contributed by atoms with E-state index in [1.54, 1.807) is 20.0 Å². The third-order valence-electron chi connectivity index (χ3n) is 4.26. The van der Waals surface area contributed by atoms with Crippen molar-refractivity contribution in [1.29, 1.82) is 0 Å². The number of rotatable bonds is 4. The van der Waals surface area contributed by atoms with E-state index < -0.39 is 11.4 Å². The molecule has 1 aliphatic rings. The molecule has 5 nitrogen and oxygen atoms in total. The van der Waals surface area contributed by atoms with E-state index in [1.165, 1.54) is 10.6 Å². The Hall–Kier alpha value is -1.78. The maximum Gasteiger partial charge on any atom is 0.310 e. The average molecular weight is 292 g/mol. The summed E-state index contributed by atoms with van der Waals surface area (Å²) in [6.45, 7) is 7.68. The van der Waals surface area contributed by atoms with E-state index in [9.17, 15) is 14.7 Å². The van der Waals surface area contributed by atoms with E-state index >= 15 is 0 Å². The predicted octanol–water partition coefficient (Wildman–Crippen LogP) is 2.20. The van der Waals surface area contributed by atoms with Crippen LogP contribution in [0, 0.1) is 11.3 Å². The first-order chi connectivity index (χ1) is 9.79. The summed E-state index contributed by atoms with van der Waals surface area (Å²) in [6.07, 6.45) is 4.10. The minimum absolute atomic E-state index is 0.154. The number of hydrogen-bond donors (Lipinski definition) is 1. The fourth-order valence-corrected chi connectivity index (χ4v) is 2.59. The molecule has 5 heteroatoms. The van der Waals surface area contributed by atoms with E-state index in [4.69, 9.17) is 0 Å². The van der Waals surface area contributed by atoms with Crippen LogP contribution >= 0.6 is 0 Å². The van der Waals surface area contributed by atoms with Crippen LogP contribution in [0.3, 0.4) is 0 Å². The maximum absolute atomic E-state index is 12.0. The lowest BCUT2D eigenvalue weighted by atomic mass is 9.93. The van der Waals surface area contributed by atoms with Gasteiger partial charge in [-0.3, -0.25) is 9.59 Å². The first kappa shape index (κ1) is 15.6. The van der Waals surface area contributed by atoms with Crippen molar-refractivity contribution < 1.29 is 9.90 Å². The Morgan fingerprint density at radius 3 is 2.52 bits per heavy atom. The van der Waals surface area contributed by atoms with Gasteiger partial charge >= 0.3 is 5.97 Å². The lowest BCUT2D eigenvalue weighted by Gasteiger charge is -2.32. The molecule has 0 aromatic carbocycles. The molecule has 0 radical (unpaired) electrons. The van der Waals surface area contributed by atoms with Gasteiger partial charge < -0.3 is 14.6 Å². The summed E-state index contributed by atoms with van der Waals surface area (Å²) < 4.78 is 1.52. The van der Waals surface area contributed by atoms with Crippen LogP contribution in [-0.4, -0.2) is 28.7 Å². The van der Waals surface area contributed by atoms with Crippen LogP contribution in [0.25, 0.3) is 0 Å². The van der Waals surface area contributed by atoms with Gasteiger partial charge in [0.05, 0.1) is 11.1 Å². The SMILES string of the molecule is CC1CCN(c2ccc(=O)n(CC(C)(C)C(=O)O)c2)CC1. The van der Waals surface area contributed by atoms with Crippen molar-refractivity contribution in [2.45, 2.75) is 40.2 Å². The molecule has 0 aliphatic carbocycles. The molecule has 0 saturated carbocycles. The molecule has 2 rings (SSSR count). The van der Waals surface area contributed by atoms with Gasteiger partial charge in [-0.25, -0.2) is 0 Å². The standard InChI is InChI=1S/C16H24N2O3/c1-12-6-8-17(9-7-12)13-4-5-14(19)18(10-13)11-16(2,3)15(20)21/h4-5,10,12H,6-9,11H2,1-3H3,(H,20,21). The van der Waals surface area contributed by atoms with Crippen molar-refractivity contribution in [1.82, 2.24) is 4.57 Å². The van der Waals surface area contributed by atoms with Crippen LogP contribution in [0.5, 0.6) is 0 Å². The van der Waals surface area contributed by atoms with Gasteiger partial charge in [0.25, 0.3) is 5.56 Å². The molecule has 0 atom stereocenters. The van der Waals surface area contributed by atoms with Crippen LogP contribution in [0.4, 0.5) is 5.69 Å². The van der Waals surface area contributed by atoms with Gasteiger partial charge in [0, 0.05) is 31.9 Å². The highest BCUT2D eigenvalue weighted by Gasteiger charge is 2.28. The highest BCUT2D eigenvalue weighted by atomic mass is 16.4. The second-order valence-corrected chi connectivity index (χ2v) is 6.71. The van der Waals surface area contributed by atoms with Crippen molar-refractivity contribution in [2.24, 2.45) is 11.3 Å². The number of anilines is 1. The monoisotopic (exact) mass is 292 g/mol. The number of carboxylic acid groups (broad SMARTS) is 1. The fraction of sp³-hybridized carbons (Fsp3) is 0.625. The third-order valence-corrected chi connectivity index (χ3v) is 4.26. The molecule has 1 N–H and O–H groups in total. The Kier molecular flexibility index (Phi) is 4.40. The number of pyridine rings is 1. The van der Waals surface area contributed by atoms with E-state index in [2.05, 4.69) is 11.8 Å². The number of piperidine rings is 1. The van der Waals surface area contributed by atoms with E-state index in [0.29, 0.717) is 0 Å². The molecule has 1 saturated heterocycles. The number of hydrogen-bond acceptors (Lipinski definition) is 3. The molecule has 21 heavy (non-hydrogen) atoms. The molecule has 1 aromatic heterocycles.